The van der Waals surface area contributed by atoms with Crippen molar-refractivity contribution in [3.63, 3.8) is 0 Å². The fraction of sp³-hybridized carbons (Fsp3) is 0.116. The van der Waals surface area contributed by atoms with Crippen molar-refractivity contribution in [2.24, 2.45) is 31.7 Å². The quantitative estimate of drug-likeness (QED) is 0.122. The number of aromatic nitrogens is 1. The van der Waals surface area contributed by atoms with Crippen molar-refractivity contribution in [1.82, 2.24) is 15.6 Å². The molecule has 254 valence electrons. The van der Waals surface area contributed by atoms with Crippen molar-refractivity contribution in [2.75, 3.05) is 0 Å². The number of amidine groups is 1. The maximum absolute atomic E-state index is 13.8. The molecule has 52 heavy (non-hydrogen) atoms. The molecule has 1 aromatic heterocycles. The molecule has 5 aromatic rings. The molecule has 2 aliphatic carbocycles. The molecule has 0 radical (unpaired) electrons. The molecular weight excluding hydrogens is 647 g/mol. The number of H-pyrrole nitrogens is 1. The lowest BCUT2D eigenvalue weighted by Crippen LogP contribution is -2.22. The normalized spacial score (nSPS) is 18.7. The second kappa shape index (κ2) is 12.9. The fourth-order valence-corrected chi connectivity index (χ4v) is 6.63. The van der Waals surface area contributed by atoms with Crippen molar-refractivity contribution in [2.45, 2.75) is 20.8 Å². The number of hydrogen-bond acceptors (Lipinski definition) is 6. The van der Waals surface area contributed by atoms with Gasteiger partial charge in [-0.1, -0.05) is 100 Å². The molecular formula is C43H35N7O2. The first kappa shape index (κ1) is 32.5. The Morgan fingerprint density at radius 3 is 2.44 bits per heavy atom. The largest absolute Gasteiger partial charge is 0.354 e. The predicted molar refractivity (Wildman–Crippen MR) is 211 cm³/mol. The number of nitrogens with zero attached hydrogens (tertiary/aromatic N) is 4. The minimum absolute atomic E-state index is 0.0729. The SMILES string of the molecule is C=C1N/C(=N\c2ccc(/N=N/c3c(N=O)c(C(=O)NC4=CC=CC(C)C=C4)cc4ccc5c6ccccc6[nH]c5c34)cc2)C2=C1C=CC(C)(C)C=C2. The maximum atomic E-state index is 13.8. The third-order valence-electron chi connectivity index (χ3n) is 9.45. The minimum Gasteiger partial charge on any atom is -0.354 e. The number of allylic oxidation sites excluding steroid dienone is 8. The lowest BCUT2D eigenvalue weighted by Gasteiger charge is -2.13. The molecule has 9 heteroatoms. The highest BCUT2D eigenvalue weighted by Gasteiger charge is 2.25. The summed E-state index contributed by atoms with van der Waals surface area (Å²) in [6, 6.07) is 20.9. The van der Waals surface area contributed by atoms with Gasteiger partial charge in [0.25, 0.3) is 5.91 Å². The fourth-order valence-electron chi connectivity index (χ4n) is 6.63. The van der Waals surface area contributed by atoms with Gasteiger partial charge in [-0.15, -0.1) is 10.0 Å². The number of aromatic amines is 1. The Hall–Kier alpha value is -6.74. The number of azo groups is 1. The molecule has 0 saturated heterocycles. The maximum Gasteiger partial charge on any atom is 0.258 e. The number of aliphatic imine (C=N–C) groups is 1. The van der Waals surface area contributed by atoms with E-state index in [1.807, 2.05) is 78.9 Å². The van der Waals surface area contributed by atoms with Crippen LogP contribution in [0.3, 0.4) is 0 Å². The number of fused-ring (bicyclic) bond motifs is 5. The lowest BCUT2D eigenvalue weighted by molar-refractivity contribution is 0.0968. The highest BCUT2D eigenvalue weighted by Crippen LogP contribution is 2.44. The van der Waals surface area contributed by atoms with Gasteiger partial charge in [-0.25, -0.2) is 4.99 Å². The summed E-state index contributed by atoms with van der Waals surface area (Å²) in [4.78, 5) is 34.8. The van der Waals surface area contributed by atoms with Gasteiger partial charge in [-0.05, 0) is 65.0 Å². The highest BCUT2D eigenvalue weighted by molar-refractivity contribution is 6.23. The zero-order chi connectivity index (χ0) is 36.0. The van der Waals surface area contributed by atoms with Crippen LogP contribution in [-0.4, -0.2) is 16.7 Å². The summed E-state index contributed by atoms with van der Waals surface area (Å²) < 4.78 is 0. The summed E-state index contributed by atoms with van der Waals surface area (Å²) in [7, 11) is 0. The van der Waals surface area contributed by atoms with Crippen LogP contribution in [0.1, 0.15) is 31.1 Å². The number of amides is 1. The van der Waals surface area contributed by atoms with E-state index in [4.69, 9.17) is 4.99 Å². The van der Waals surface area contributed by atoms with Crippen LogP contribution >= 0.6 is 0 Å². The van der Waals surface area contributed by atoms with E-state index < -0.39 is 5.91 Å². The molecule has 1 amide bonds. The molecule has 0 spiro atoms. The summed E-state index contributed by atoms with van der Waals surface area (Å²) in [5.41, 5.74) is 6.48. The van der Waals surface area contributed by atoms with E-state index >= 15 is 0 Å². The molecule has 3 N–H and O–H groups in total. The first-order valence-electron chi connectivity index (χ1n) is 17.1. The van der Waals surface area contributed by atoms with Crippen LogP contribution in [0.15, 0.2) is 171 Å². The van der Waals surface area contributed by atoms with E-state index in [2.05, 4.69) is 82.7 Å². The number of nitroso groups, excluding NO2 is 1. The first-order chi connectivity index (χ1) is 25.2. The van der Waals surface area contributed by atoms with Crippen LogP contribution in [0.25, 0.3) is 32.6 Å². The van der Waals surface area contributed by atoms with Crippen LogP contribution in [0.4, 0.5) is 22.7 Å². The lowest BCUT2D eigenvalue weighted by atomic mass is 9.93. The Labute approximate surface area is 300 Å². The van der Waals surface area contributed by atoms with E-state index in [1.165, 1.54) is 0 Å². The van der Waals surface area contributed by atoms with Crippen LogP contribution in [0, 0.1) is 16.2 Å². The van der Waals surface area contributed by atoms with E-state index in [0.29, 0.717) is 27.8 Å². The number of para-hydroxylation sites is 1. The molecule has 0 saturated carbocycles. The third kappa shape index (κ3) is 6.02. The van der Waals surface area contributed by atoms with E-state index in [-0.39, 0.29) is 28.3 Å². The van der Waals surface area contributed by atoms with Gasteiger partial charge in [0, 0.05) is 49.6 Å². The van der Waals surface area contributed by atoms with Crippen molar-refractivity contribution in [1.29, 1.82) is 0 Å². The summed E-state index contributed by atoms with van der Waals surface area (Å²) in [5.74, 6) is 0.467. The van der Waals surface area contributed by atoms with Gasteiger partial charge in [0.2, 0.25) is 0 Å². The van der Waals surface area contributed by atoms with Crippen LogP contribution < -0.4 is 10.6 Å². The molecule has 8 rings (SSSR count). The van der Waals surface area contributed by atoms with E-state index in [0.717, 1.165) is 44.5 Å². The number of hydrogen-bond donors (Lipinski definition) is 3. The second-order valence-electron chi connectivity index (χ2n) is 13.7. The highest BCUT2D eigenvalue weighted by atomic mass is 16.3. The average molecular weight is 682 g/mol. The van der Waals surface area contributed by atoms with Gasteiger partial charge in [0.1, 0.15) is 17.2 Å². The standard InChI is InChI=1S/C43H35N7O2/c1-25-8-7-9-28(14-12-25)46-42(51)35-24-27-13-19-33-32-10-5-6-11-36(32)47-38(33)37(27)40(39(35)50-52)49-48-30-17-15-29(16-18-30)45-41-34-21-23-43(3,4)22-20-31(34)26(2)44-41/h5-25,47H,2H2,1,3-4H3,(H,44,45)(H,46,51)/b49-48+. The molecule has 0 bridgehead atoms. The zero-order valence-corrected chi connectivity index (χ0v) is 28.9. The van der Waals surface area contributed by atoms with E-state index in [1.54, 1.807) is 18.2 Å². The Morgan fingerprint density at radius 1 is 0.865 bits per heavy atom. The molecule has 0 fully saturated rings. The summed E-state index contributed by atoms with van der Waals surface area (Å²) >= 11 is 0. The van der Waals surface area contributed by atoms with Crippen LogP contribution in [0.2, 0.25) is 0 Å². The first-order valence-corrected chi connectivity index (χ1v) is 17.1. The summed E-state index contributed by atoms with van der Waals surface area (Å²) in [6.45, 7) is 10.5. The Bertz CT molecular complexity index is 2610. The van der Waals surface area contributed by atoms with Gasteiger partial charge >= 0.3 is 0 Å². The predicted octanol–water partition coefficient (Wildman–Crippen LogP) is 11.3. The van der Waals surface area contributed by atoms with Crippen molar-refractivity contribution < 1.29 is 4.79 Å². The van der Waals surface area contributed by atoms with Gasteiger partial charge < -0.3 is 15.6 Å². The monoisotopic (exact) mass is 681 g/mol. The van der Waals surface area contributed by atoms with Crippen molar-refractivity contribution in [3.05, 3.63) is 161 Å². The molecule has 9 nitrogen and oxygen atoms in total. The van der Waals surface area contributed by atoms with Gasteiger partial charge in [-0.2, -0.15) is 5.11 Å². The van der Waals surface area contributed by atoms with Gasteiger partial charge in [-0.3, -0.25) is 4.79 Å². The molecule has 1 aliphatic heterocycles. The second-order valence-corrected chi connectivity index (χ2v) is 13.7. The third-order valence-corrected chi connectivity index (χ3v) is 9.45. The molecule has 4 aromatic carbocycles. The van der Waals surface area contributed by atoms with E-state index in [9.17, 15) is 9.70 Å². The van der Waals surface area contributed by atoms with Gasteiger partial charge in [0.15, 0.2) is 0 Å². The number of carbonyl (C=O) groups excluding carboxylic acids is 1. The Kier molecular flexibility index (Phi) is 8.03. The molecule has 2 heterocycles. The number of benzene rings is 4. The number of nitrogens with one attached hydrogen (secondary N) is 3. The Morgan fingerprint density at radius 2 is 1.63 bits per heavy atom. The molecule has 3 aliphatic rings. The summed E-state index contributed by atoms with van der Waals surface area (Å²) in [6.07, 6.45) is 18.1. The smallest absolute Gasteiger partial charge is 0.258 e. The number of carbonyl (C=O) groups is 1. The number of rotatable bonds is 6. The molecule has 1 atom stereocenters. The zero-order valence-electron chi connectivity index (χ0n) is 28.9. The molecule has 1 unspecified atom stereocenters. The van der Waals surface area contributed by atoms with Crippen LogP contribution in [0.5, 0.6) is 0 Å². The van der Waals surface area contributed by atoms with Crippen LogP contribution in [-0.2, 0) is 0 Å². The van der Waals surface area contributed by atoms with Crippen molar-refractivity contribution in [3.8, 4) is 0 Å². The summed E-state index contributed by atoms with van der Waals surface area (Å²) in [5, 5.41) is 22.2. The average Bonchev–Trinajstić information content (AvgIpc) is 3.50. The van der Waals surface area contributed by atoms with Gasteiger partial charge in [0.05, 0.1) is 22.5 Å². The Balaban J connectivity index is 1.20. The minimum atomic E-state index is -0.476. The topological polar surface area (TPSA) is 123 Å². The van der Waals surface area contributed by atoms with Crippen molar-refractivity contribution >= 4 is 67.1 Å².